The van der Waals surface area contributed by atoms with Crippen LogP contribution in [0.2, 0.25) is 0 Å². The van der Waals surface area contributed by atoms with E-state index in [1.807, 2.05) is 0 Å². The van der Waals surface area contributed by atoms with Crippen LogP contribution in [0.3, 0.4) is 0 Å². The van der Waals surface area contributed by atoms with Crippen LogP contribution >= 0.6 is 0 Å². The summed E-state index contributed by atoms with van der Waals surface area (Å²) in [7, 11) is 0. The molecule has 0 aromatic carbocycles. The van der Waals surface area contributed by atoms with Gasteiger partial charge in [0.25, 0.3) is 0 Å². The van der Waals surface area contributed by atoms with Crippen molar-refractivity contribution in [2.24, 2.45) is 5.92 Å². The van der Waals surface area contributed by atoms with Crippen molar-refractivity contribution in [2.45, 2.75) is 76.7 Å². The van der Waals surface area contributed by atoms with Crippen molar-refractivity contribution in [1.82, 2.24) is 5.32 Å². The van der Waals surface area contributed by atoms with Crippen molar-refractivity contribution in [3.8, 4) is 6.07 Å². The van der Waals surface area contributed by atoms with E-state index in [1.54, 1.807) is 0 Å². The zero-order chi connectivity index (χ0) is 14.6. The maximum Gasteiger partial charge on any atom is 0.133 e. The Bertz CT molecular complexity index is 341. The SMILES string of the molecule is CCCNC(C#N)(COC1CC(C)OC(C)C1)C1CC1. The van der Waals surface area contributed by atoms with Crippen molar-refractivity contribution in [3.63, 3.8) is 0 Å². The largest absolute Gasteiger partial charge is 0.375 e. The Kier molecular flexibility index (Phi) is 5.42. The summed E-state index contributed by atoms with van der Waals surface area (Å²) in [5, 5.41) is 13.1. The Morgan fingerprint density at radius 3 is 2.45 bits per heavy atom. The minimum atomic E-state index is -0.471. The van der Waals surface area contributed by atoms with Crippen LogP contribution in [-0.2, 0) is 9.47 Å². The number of hydrogen-bond acceptors (Lipinski definition) is 4. The second kappa shape index (κ2) is 6.89. The fourth-order valence-corrected chi connectivity index (χ4v) is 3.13. The smallest absolute Gasteiger partial charge is 0.133 e. The van der Waals surface area contributed by atoms with Gasteiger partial charge in [0.1, 0.15) is 5.54 Å². The van der Waals surface area contributed by atoms with Gasteiger partial charge in [-0.3, -0.25) is 5.32 Å². The molecule has 1 aliphatic heterocycles. The number of rotatable bonds is 7. The summed E-state index contributed by atoms with van der Waals surface area (Å²) < 4.78 is 11.9. The number of hydrogen-bond donors (Lipinski definition) is 1. The second-order valence-corrected chi connectivity index (χ2v) is 6.45. The molecule has 1 aliphatic carbocycles. The van der Waals surface area contributed by atoms with Gasteiger partial charge in [0.15, 0.2) is 0 Å². The third-order valence-electron chi connectivity index (χ3n) is 4.37. The summed E-state index contributed by atoms with van der Waals surface area (Å²) in [6.45, 7) is 7.72. The van der Waals surface area contributed by atoms with Crippen molar-refractivity contribution in [2.75, 3.05) is 13.2 Å². The molecule has 0 spiro atoms. The van der Waals surface area contributed by atoms with E-state index in [0.29, 0.717) is 12.5 Å². The molecule has 0 aromatic heterocycles. The molecule has 1 N–H and O–H groups in total. The highest BCUT2D eigenvalue weighted by atomic mass is 16.5. The van der Waals surface area contributed by atoms with E-state index in [0.717, 1.165) is 38.6 Å². The lowest BCUT2D eigenvalue weighted by atomic mass is 9.95. The first-order chi connectivity index (χ1) is 9.59. The predicted molar refractivity (Wildman–Crippen MR) is 78.3 cm³/mol. The first-order valence-electron chi connectivity index (χ1n) is 8.03. The topological polar surface area (TPSA) is 54.3 Å². The summed E-state index contributed by atoms with van der Waals surface area (Å²) in [5.41, 5.74) is -0.471. The van der Waals surface area contributed by atoms with Gasteiger partial charge in [-0.25, -0.2) is 0 Å². The van der Waals surface area contributed by atoms with Gasteiger partial charge in [-0.2, -0.15) is 5.26 Å². The third kappa shape index (κ3) is 3.94. The number of nitrogens with one attached hydrogen (secondary N) is 1. The molecule has 4 heteroatoms. The molecule has 3 unspecified atom stereocenters. The molecular formula is C16H28N2O2. The molecule has 1 saturated heterocycles. The van der Waals surface area contributed by atoms with E-state index in [9.17, 15) is 5.26 Å². The molecular weight excluding hydrogens is 252 g/mol. The minimum Gasteiger partial charge on any atom is -0.375 e. The molecule has 1 heterocycles. The summed E-state index contributed by atoms with van der Waals surface area (Å²) in [5.74, 6) is 0.466. The molecule has 0 bridgehead atoms. The maximum atomic E-state index is 9.63. The molecule has 0 amide bonds. The Balaban J connectivity index is 1.89. The fourth-order valence-electron chi connectivity index (χ4n) is 3.13. The van der Waals surface area contributed by atoms with Crippen LogP contribution in [0.25, 0.3) is 0 Å². The summed E-state index contributed by atoms with van der Waals surface area (Å²) in [6.07, 6.45) is 5.94. The summed E-state index contributed by atoms with van der Waals surface area (Å²) >= 11 is 0. The molecule has 1 saturated carbocycles. The third-order valence-corrected chi connectivity index (χ3v) is 4.37. The first kappa shape index (κ1) is 15.8. The normalized spacial score (nSPS) is 33.4. The Morgan fingerprint density at radius 1 is 1.30 bits per heavy atom. The van der Waals surface area contributed by atoms with E-state index >= 15 is 0 Å². The predicted octanol–water partition coefficient (Wildman–Crippen LogP) is 2.63. The number of nitrogens with zero attached hydrogens (tertiary/aromatic N) is 1. The standard InChI is InChI=1S/C16H28N2O2/c1-4-7-18-16(10-17,14-5-6-14)11-19-15-8-12(2)20-13(3)9-15/h12-15,18H,4-9,11H2,1-3H3. The van der Waals surface area contributed by atoms with Gasteiger partial charge in [0.05, 0.1) is 31.0 Å². The van der Waals surface area contributed by atoms with Crippen LogP contribution in [0.1, 0.15) is 52.9 Å². The van der Waals surface area contributed by atoms with Crippen LogP contribution < -0.4 is 5.32 Å². The molecule has 2 fully saturated rings. The maximum absolute atomic E-state index is 9.63. The van der Waals surface area contributed by atoms with Gasteiger partial charge in [0.2, 0.25) is 0 Å². The monoisotopic (exact) mass is 280 g/mol. The zero-order valence-corrected chi connectivity index (χ0v) is 13.0. The van der Waals surface area contributed by atoms with Gasteiger partial charge < -0.3 is 9.47 Å². The van der Waals surface area contributed by atoms with Crippen LogP contribution in [0.5, 0.6) is 0 Å². The zero-order valence-electron chi connectivity index (χ0n) is 13.0. The first-order valence-corrected chi connectivity index (χ1v) is 8.03. The van der Waals surface area contributed by atoms with Crippen LogP contribution in [0.15, 0.2) is 0 Å². The van der Waals surface area contributed by atoms with Gasteiger partial charge in [-0.05, 0) is 58.4 Å². The lowest BCUT2D eigenvalue weighted by molar-refractivity contribution is -0.108. The molecule has 3 atom stereocenters. The van der Waals surface area contributed by atoms with E-state index in [1.165, 1.54) is 0 Å². The highest BCUT2D eigenvalue weighted by Crippen LogP contribution is 2.40. The Labute approximate surface area is 122 Å². The molecule has 0 radical (unpaired) electrons. The second-order valence-electron chi connectivity index (χ2n) is 6.45. The quantitative estimate of drug-likeness (QED) is 0.779. The highest BCUT2D eigenvalue weighted by molar-refractivity contribution is 5.15. The lowest BCUT2D eigenvalue weighted by Gasteiger charge is -2.35. The Morgan fingerprint density at radius 2 is 1.95 bits per heavy atom. The van der Waals surface area contributed by atoms with E-state index in [2.05, 4.69) is 32.2 Å². The van der Waals surface area contributed by atoms with Crippen molar-refractivity contribution < 1.29 is 9.47 Å². The highest BCUT2D eigenvalue weighted by Gasteiger charge is 2.46. The van der Waals surface area contributed by atoms with Gasteiger partial charge >= 0.3 is 0 Å². The van der Waals surface area contributed by atoms with E-state index in [-0.39, 0.29) is 18.3 Å². The van der Waals surface area contributed by atoms with Crippen molar-refractivity contribution in [1.29, 1.82) is 5.26 Å². The average molecular weight is 280 g/mol. The molecule has 20 heavy (non-hydrogen) atoms. The number of nitriles is 1. The average Bonchev–Trinajstić information content (AvgIpc) is 3.23. The number of ether oxygens (including phenoxy) is 2. The van der Waals surface area contributed by atoms with Gasteiger partial charge in [-0.15, -0.1) is 0 Å². The summed E-state index contributed by atoms with van der Waals surface area (Å²) in [4.78, 5) is 0. The van der Waals surface area contributed by atoms with Crippen molar-refractivity contribution in [3.05, 3.63) is 0 Å². The summed E-state index contributed by atoms with van der Waals surface area (Å²) in [6, 6.07) is 2.51. The van der Waals surface area contributed by atoms with Crippen LogP contribution in [-0.4, -0.2) is 37.0 Å². The van der Waals surface area contributed by atoms with Gasteiger partial charge in [-0.1, -0.05) is 6.92 Å². The fraction of sp³-hybridized carbons (Fsp3) is 0.938. The van der Waals surface area contributed by atoms with E-state index < -0.39 is 5.54 Å². The molecule has 114 valence electrons. The van der Waals surface area contributed by atoms with Crippen LogP contribution in [0.4, 0.5) is 0 Å². The minimum absolute atomic E-state index is 0.226. The van der Waals surface area contributed by atoms with Crippen LogP contribution in [0, 0.1) is 17.2 Å². The molecule has 0 aromatic rings. The molecule has 2 aliphatic rings. The molecule has 4 nitrogen and oxygen atoms in total. The Hall–Kier alpha value is -0.630. The van der Waals surface area contributed by atoms with Gasteiger partial charge in [0, 0.05) is 0 Å². The van der Waals surface area contributed by atoms with E-state index in [4.69, 9.17) is 9.47 Å². The molecule has 2 rings (SSSR count). The van der Waals surface area contributed by atoms with Crippen molar-refractivity contribution >= 4 is 0 Å². The lowest BCUT2D eigenvalue weighted by Crippen LogP contribution is -2.51.